The smallest absolute Gasteiger partial charge is 0.0709 e. The third kappa shape index (κ3) is 3.93. The first-order valence-corrected chi connectivity index (χ1v) is 9.04. The summed E-state index contributed by atoms with van der Waals surface area (Å²) in [7, 11) is 0. The molecule has 1 aromatic carbocycles. The third-order valence-corrected chi connectivity index (χ3v) is 4.56. The van der Waals surface area contributed by atoms with Crippen molar-refractivity contribution >= 4 is 16.5 Å². The summed E-state index contributed by atoms with van der Waals surface area (Å²) in [6.45, 7) is 10.7. The summed E-state index contributed by atoms with van der Waals surface area (Å²) < 4.78 is 0. The molecular weight excluding hydrogens is 292 g/mol. The summed E-state index contributed by atoms with van der Waals surface area (Å²) in [5.74, 6) is 0.522. The Morgan fingerprint density at radius 2 is 2.00 bits per heavy atom. The predicted octanol–water partition coefficient (Wildman–Crippen LogP) is 5.82. The number of allylic oxidation sites excluding steroid dienone is 4. The molecule has 0 bridgehead atoms. The van der Waals surface area contributed by atoms with Gasteiger partial charge in [0.1, 0.15) is 0 Å². The number of nitrogens with zero attached hydrogens (tertiary/aromatic N) is 1. The van der Waals surface area contributed by atoms with Crippen LogP contribution in [0.5, 0.6) is 0 Å². The molecule has 0 saturated carbocycles. The van der Waals surface area contributed by atoms with Crippen LogP contribution in [0.1, 0.15) is 63.9 Å². The standard InChI is InChI=1S/C22H30N2/c1-6-10-18(13-15(4)7-2)20-14-19-17(8-3)11-9-12-21(19)24-22(20)16(5)23/h6,9-16H,7-8,23H2,1-5H3/b10-6-,18-13+. The van der Waals surface area contributed by atoms with E-state index < -0.39 is 0 Å². The Morgan fingerprint density at radius 3 is 2.58 bits per heavy atom. The van der Waals surface area contributed by atoms with Gasteiger partial charge in [-0.25, -0.2) is 0 Å². The van der Waals surface area contributed by atoms with E-state index in [2.05, 4.69) is 70.2 Å². The topological polar surface area (TPSA) is 38.9 Å². The van der Waals surface area contributed by atoms with Crippen LogP contribution in [0.3, 0.4) is 0 Å². The summed E-state index contributed by atoms with van der Waals surface area (Å²) in [5, 5.41) is 1.24. The number of aromatic nitrogens is 1. The van der Waals surface area contributed by atoms with E-state index in [4.69, 9.17) is 10.7 Å². The molecule has 0 fully saturated rings. The molecule has 0 radical (unpaired) electrons. The zero-order valence-electron chi connectivity index (χ0n) is 15.6. The second-order valence-electron chi connectivity index (χ2n) is 6.55. The molecule has 2 heteroatoms. The maximum Gasteiger partial charge on any atom is 0.0709 e. The van der Waals surface area contributed by atoms with Crippen molar-refractivity contribution in [1.82, 2.24) is 4.98 Å². The molecule has 24 heavy (non-hydrogen) atoms. The zero-order valence-corrected chi connectivity index (χ0v) is 15.6. The Hall–Kier alpha value is -1.93. The van der Waals surface area contributed by atoms with E-state index >= 15 is 0 Å². The number of benzene rings is 1. The van der Waals surface area contributed by atoms with Crippen molar-refractivity contribution in [3.8, 4) is 0 Å². The van der Waals surface area contributed by atoms with E-state index in [0.717, 1.165) is 29.6 Å². The third-order valence-electron chi connectivity index (χ3n) is 4.56. The van der Waals surface area contributed by atoms with Crippen molar-refractivity contribution in [2.24, 2.45) is 11.7 Å². The van der Waals surface area contributed by atoms with Gasteiger partial charge in [-0.15, -0.1) is 0 Å². The van der Waals surface area contributed by atoms with Crippen molar-refractivity contribution < 1.29 is 0 Å². The van der Waals surface area contributed by atoms with Crippen LogP contribution < -0.4 is 5.73 Å². The van der Waals surface area contributed by atoms with E-state index in [1.165, 1.54) is 16.5 Å². The van der Waals surface area contributed by atoms with E-state index in [0.29, 0.717) is 5.92 Å². The van der Waals surface area contributed by atoms with Gasteiger partial charge in [-0.3, -0.25) is 4.98 Å². The number of nitrogens with two attached hydrogens (primary N) is 1. The Kier molecular flexibility index (Phi) is 6.33. The summed E-state index contributed by atoms with van der Waals surface area (Å²) >= 11 is 0. The van der Waals surface area contributed by atoms with E-state index in [9.17, 15) is 0 Å². The molecule has 2 aromatic rings. The number of aryl methyl sites for hydroxylation is 1. The molecule has 0 amide bonds. The number of pyridine rings is 1. The van der Waals surface area contributed by atoms with Crippen molar-refractivity contribution in [2.75, 3.05) is 0 Å². The predicted molar refractivity (Wildman–Crippen MR) is 106 cm³/mol. The highest BCUT2D eigenvalue weighted by molar-refractivity contribution is 5.88. The zero-order chi connectivity index (χ0) is 17.7. The lowest BCUT2D eigenvalue weighted by atomic mass is 9.93. The monoisotopic (exact) mass is 322 g/mol. The van der Waals surface area contributed by atoms with Gasteiger partial charge in [0.15, 0.2) is 0 Å². The molecule has 2 rings (SSSR count). The molecule has 0 aliphatic carbocycles. The Balaban J connectivity index is 2.77. The maximum absolute atomic E-state index is 6.26. The molecule has 0 spiro atoms. The first-order chi connectivity index (χ1) is 11.5. The quantitative estimate of drug-likeness (QED) is 0.680. The average Bonchev–Trinajstić information content (AvgIpc) is 2.59. The normalized spacial score (nSPS) is 15.2. The van der Waals surface area contributed by atoms with Crippen LogP contribution >= 0.6 is 0 Å². The number of hydrogen-bond acceptors (Lipinski definition) is 2. The lowest BCUT2D eigenvalue weighted by Crippen LogP contribution is -2.11. The van der Waals surface area contributed by atoms with Crippen LogP contribution in [-0.4, -0.2) is 4.98 Å². The fraction of sp³-hybridized carbons (Fsp3) is 0.409. The fourth-order valence-electron chi connectivity index (χ4n) is 3.00. The largest absolute Gasteiger partial charge is 0.323 e. The van der Waals surface area contributed by atoms with Gasteiger partial charge < -0.3 is 5.73 Å². The van der Waals surface area contributed by atoms with Crippen molar-refractivity contribution in [3.63, 3.8) is 0 Å². The second-order valence-corrected chi connectivity index (χ2v) is 6.55. The number of fused-ring (bicyclic) bond motifs is 1. The molecule has 1 heterocycles. The Bertz CT molecular complexity index is 754. The van der Waals surface area contributed by atoms with Gasteiger partial charge in [0, 0.05) is 17.0 Å². The first-order valence-electron chi connectivity index (χ1n) is 9.04. The minimum atomic E-state index is -0.0970. The molecule has 128 valence electrons. The van der Waals surface area contributed by atoms with Crippen LogP contribution in [0.25, 0.3) is 16.5 Å². The summed E-state index contributed by atoms with van der Waals surface area (Å²) in [6, 6.07) is 8.54. The highest BCUT2D eigenvalue weighted by atomic mass is 14.8. The molecular formula is C22H30N2. The summed E-state index contributed by atoms with van der Waals surface area (Å²) in [4.78, 5) is 4.92. The summed E-state index contributed by atoms with van der Waals surface area (Å²) in [6.07, 6.45) is 8.73. The van der Waals surface area contributed by atoms with Crippen LogP contribution in [0.4, 0.5) is 0 Å². The van der Waals surface area contributed by atoms with Crippen LogP contribution in [0.15, 0.2) is 42.5 Å². The Labute approximate surface area is 146 Å². The van der Waals surface area contributed by atoms with Gasteiger partial charge in [-0.1, -0.05) is 57.6 Å². The number of rotatable bonds is 6. The van der Waals surface area contributed by atoms with Gasteiger partial charge in [0.05, 0.1) is 11.2 Å². The molecule has 0 saturated heterocycles. The lowest BCUT2D eigenvalue weighted by Gasteiger charge is -2.17. The lowest BCUT2D eigenvalue weighted by molar-refractivity contribution is 0.699. The van der Waals surface area contributed by atoms with Gasteiger partial charge in [0.25, 0.3) is 0 Å². The first kappa shape index (κ1) is 18.4. The SMILES string of the molecule is C/C=C\C(=C/C(C)CC)c1cc2c(CC)cccc2nc1C(C)N. The van der Waals surface area contributed by atoms with E-state index in [-0.39, 0.29) is 6.04 Å². The van der Waals surface area contributed by atoms with Crippen molar-refractivity contribution in [2.45, 2.75) is 53.5 Å². The van der Waals surface area contributed by atoms with Gasteiger partial charge in [0.2, 0.25) is 0 Å². The van der Waals surface area contributed by atoms with Crippen LogP contribution in [0, 0.1) is 5.92 Å². The summed E-state index contributed by atoms with van der Waals surface area (Å²) in [5.41, 5.74) is 12.0. The van der Waals surface area contributed by atoms with Crippen LogP contribution in [-0.2, 0) is 6.42 Å². The highest BCUT2D eigenvalue weighted by Crippen LogP contribution is 2.30. The molecule has 2 nitrogen and oxygen atoms in total. The molecule has 2 N–H and O–H groups in total. The molecule has 0 aliphatic heterocycles. The van der Waals surface area contributed by atoms with Crippen molar-refractivity contribution in [1.29, 1.82) is 0 Å². The average molecular weight is 322 g/mol. The molecule has 0 aliphatic rings. The maximum atomic E-state index is 6.26. The number of hydrogen-bond donors (Lipinski definition) is 1. The highest BCUT2D eigenvalue weighted by Gasteiger charge is 2.15. The van der Waals surface area contributed by atoms with E-state index in [1.54, 1.807) is 0 Å². The minimum absolute atomic E-state index is 0.0970. The molecule has 2 atom stereocenters. The van der Waals surface area contributed by atoms with Crippen LogP contribution in [0.2, 0.25) is 0 Å². The molecule has 2 unspecified atom stereocenters. The second kappa shape index (κ2) is 8.25. The van der Waals surface area contributed by atoms with Gasteiger partial charge in [-0.2, -0.15) is 0 Å². The fourth-order valence-corrected chi connectivity index (χ4v) is 3.00. The minimum Gasteiger partial charge on any atom is -0.323 e. The van der Waals surface area contributed by atoms with Gasteiger partial charge in [-0.05, 0) is 49.5 Å². The van der Waals surface area contributed by atoms with Gasteiger partial charge >= 0.3 is 0 Å². The Morgan fingerprint density at radius 1 is 1.25 bits per heavy atom. The molecule has 1 aromatic heterocycles. The van der Waals surface area contributed by atoms with E-state index in [1.807, 2.05) is 6.92 Å². The van der Waals surface area contributed by atoms with Crippen molar-refractivity contribution in [3.05, 3.63) is 59.3 Å².